The van der Waals surface area contributed by atoms with Gasteiger partial charge in [0.05, 0.1) is 19.0 Å². The number of rotatable bonds is 7. The lowest BCUT2D eigenvalue weighted by atomic mass is 9.91. The van der Waals surface area contributed by atoms with E-state index in [2.05, 4.69) is 35.9 Å². The zero-order valence-electron chi connectivity index (χ0n) is 10.8. The summed E-state index contributed by atoms with van der Waals surface area (Å²) in [5, 5.41) is 16.2. The Hall–Kier alpha value is -1.38. The quantitative estimate of drug-likeness (QED) is 0.737. The summed E-state index contributed by atoms with van der Waals surface area (Å²) >= 11 is 1.73. The molecule has 1 amide bonds. The van der Waals surface area contributed by atoms with Gasteiger partial charge in [0.25, 0.3) is 0 Å². The summed E-state index contributed by atoms with van der Waals surface area (Å²) in [5.74, 6) is -0.0628. The molecule has 0 saturated carbocycles. The van der Waals surface area contributed by atoms with Crippen molar-refractivity contribution in [3.63, 3.8) is 0 Å². The number of amides is 1. The van der Waals surface area contributed by atoms with Gasteiger partial charge in [-0.25, -0.2) is 0 Å². The Morgan fingerprint density at radius 1 is 1.56 bits per heavy atom. The molecule has 0 radical (unpaired) electrons. The molecule has 18 heavy (non-hydrogen) atoms. The summed E-state index contributed by atoms with van der Waals surface area (Å²) in [7, 11) is 0. The number of nitrogens with one attached hydrogen (secondary N) is 2. The molecule has 0 atom stereocenters. The summed E-state index contributed by atoms with van der Waals surface area (Å²) in [6.45, 7) is 5.77. The second-order valence-corrected chi connectivity index (χ2v) is 5.67. The Bertz CT molecular complexity index is 406. The first-order valence-electron chi connectivity index (χ1n) is 5.94. The smallest absolute Gasteiger partial charge is 0.233 e. The van der Waals surface area contributed by atoms with Gasteiger partial charge in [0.1, 0.15) is 0 Å². The van der Waals surface area contributed by atoms with Crippen molar-refractivity contribution in [2.45, 2.75) is 25.7 Å². The molecule has 0 unspecified atom stereocenters. The van der Waals surface area contributed by atoms with Gasteiger partial charge in [-0.05, 0) is 11.4 Å². The van der Waals surface area contributed by atoms with Crippen LogP contribution in [0.5, 0.6) is 0 Å². The molecule has 0 aliphatic carbocycles. The van der Waals surface area contributed by atoms with Crippen molar-refractivity contribution in [3.05, 3.63) is 22.4 Å². The van der Waals surface area contributed by atoms with E-state index in [1.54, 1.807) is 11.3 Å². The molecule has 0 aliphatic heterocycles. The molecule has 1 aromatic heterocycles. The molecule has 4 nitrogen and oxygen atoms in total. The highest BCUT2D eigenvalue weighted by molar-refractivity contribution is 7.10. The number of carbonyl (C=O) groups is 1. The fraction of sp³-hybridized carbons (Fsp3) is 0.538. The lowest BCUT2D eigenvalue weighted by molar-refractivity contribution is -0.120. The molecule has 2 N–H and O–H groups in total. The van der Waals surface area contributed by atoms with E-state index in [0.29, 0.717) is 19.5 Å². The van der Waals surface area contributed by atoms with Crippen LogP contribution in [0, 0.1) is 11.3 Å². The van der Waals surface area contributed by atoms with Crippen LogP contribution in [-0.4, -0.2) is 25.5 Å². The van der Waals surface area contributed by atoms with E-state index < -0.39 is 0 Å². The van der Waals surface area contributed by atoms with Crippen LogP contribution >= 0.6 is 11.3 Å². The Morgan fingerprint density at radius 3 is 2.94 bits per heavy atom. The molecule has 1 heterocycles. The van der Waals surface area contributed by atoms with E-state index in [9.17, 15) is 4.79 Å². The van der Waals surface area contributed by atoms with Gasteiger partial charge < -0.3 is 10.6 Å². The van der Waals surface area contributed by atoms with Crippen molar-refractivity contribution < 1.29 is 4.79 Å². The van der Waals surface area contributed by atoms with E-state index in [4.69, 9.17) is 5.26 Å². The maximum absolute atomic E-state index is 11.4. The highest BCUT2D eigenvalue weighted by atomic mass is 32.1. The molecule has 0 saturated heterocycles. The number of hydrogen-bond donors (Lipinski definition) is 2. The van der Waals surface area contributed by atoms with Gasteiger partial charge >= 0.3 is 0 Å². The average molecular weight is 265 g/mol. The van der Waals surface area contributed by atoms with Gasteiger partial charge in [0.15, 0.2) is 0 Å². The van der Waals surface area contributed by atoms with Gasteiger partial charge in [0, 0.05) is 23.4 Å². The van der Waals surface area contributed by atoms with Crippen molar-refractivity contribution in [3.8, 4) is 6.07 Å². The Balaban J connectivity index is 2.25. The maximum atomic E-state index is 11.4. The first-order valence-corrected chi connectivity index (χ1v) is 6.82. The lowest BCUT2D eigenvalue weighted by Crippen LogP contribution is -2.39. The van der Waals surface area contributed by atoms with Crippen LogP contribution in [0.15, 0.2) is 17.5 Å². The minimum absolute atomic E-state index is 0.0289. The van der Waals surface area contributed by atoms with Crippen LogP contribution in [0.2, 0.25) is 0 Å². The molecule has 0 aliphatic rings. The second kappa shape index (κ2) is 7.14. The summed E-state index contributed by atoms with van der Waals surface area (Å²) in [5.41, 5.74) is 0.0289. The molecule has 0 fully saturated rings. The van der Waals surface area contributed by atoms with Crippen molar-refractivity contribution in [1.82, 2.24) is 10.6 Å². The van der Waals surface area contributed by atoms with Gasteiger partial charge in [-0.1, -0.05) is 19.9 Å². The number of thiophene rings is 1. The Kier molecular flexibility index (Phi) is 5.83. The summed E-state index contributed by atoms with van der Waals surface area (Å²) in [6.07, 6.45) is 0.354. The summed E-state index contributed by atoms with van der Waals surface area (Å²) < 4.78 is 0. The van der Waals surface area contributed by atoms with E-state index in [-0.39, 0.29) is 11.3 Å². The van der Waals surface area contributed by atoms with Gasteiger partial charge in [-0.2, -0.15) is 5.26 Å². The van der Waals surface area contributed by atoms with Crippen LogP contribution in [0.25, 0.3) is 0 Å². The molecular formula is C13H19N3OS. The summed E-state index contributed by atoms with van der Waals surface area (Å²) in [6, 6.07) is 6.14. The van der Waals surface area contributed by atoms with Gasteiger partial charge in [-0.3, -0.25) is 4.79 Å². The Labute approximate surface area is 112 Å². The van der Waals surface area contributed by atoms with Crippen LogP contribution in [0.1, 0.15) is 25.1 Å². The second-order valence-electron chi connectivity index (χ2n) is 4.72. The molecule has 5 heteroatoms. The monoisotopic (exact) mass is 265 g/mol. The third kappa shape index (κ3) is 4.86. The molecule has 1 rings (SSSR count). The van der Waals surface area contributed by atoms with E-state index in [0.717, 1.165) is 6.54 Å². The topological polar surface area (TPSA) is 64.9 Å². The van der Waals surface area contributed by atoms with Crippen LogP contribution in [0.4, 0.5) is 0 Å². The zero-order chi connectivity index (χ0) is 13.4. The summed E-state index contributed by atoms with van der Waals surface area (Å²) in [4.78, 5) is 12.7. The fourth-order valence-corrected chi connectivity index (χ4v) is 2.41. The number of hydrogen-bond acceptors (Lipinski definition) is 4. The Morgan fingerprint density at radius 2 is 2.33 bits per heavy atom. The van der Waals surface area contributed by atoms with E-state index in [1.165, 1.54) is 4.88 Å². The molecule has 1 aromatic rings. The van der Waals surface area contributed by atoms with Crippen LogP contribution in [-0.2, 0) is 10.2 Å². The van der Waals surface area contributed by atoms with Crippen LogP contribution in [0.3, 0.4) is 0 Å². The van der Waals surface area contributed by atoms with Crippen molar-refractivity contribution >= 4 is 17.2 Å². The SMILES string of the molecule is CC(C)(CNCC(=O)NCCC#N)c1cccs1. The number of nitriles is 1. The molecule has 0 spiro atoms. The number of carbonyl (C=O) groups excluding carboxylic acids is 1. The largest absolute Gasteiger partial charge is 0.354 e. The first-order chi connectivity index (χ1) is 8.56. The highest BCUT2D eigenvalue weighted by Gasteiger charge is 2.21. The molecular weight excluding hydrogens is 246 g/mol. The predicted octanol–water partition coefficient (Wildman–Crippen LogP) is 1.65. The predicted molar refractivity (Wildman–Crippen MR) is 73.5 cm³/mol. The van der Waals surface area contributed by atoms with Gasteiger partial charge in [0.2, 0.25) is 5.91 Å². The highest BCUT2D eigenvalue weighted by Crippen LogP contribution is 2.26. The average Bonchev–Trinajstić information content (AvgIpc) is 2.83. The third-order valence-corrected chi connectivity index (χ3v) is 3.84. The van der Waals surface area contributed by atoms with Crippen molar-refractivity contribution in [1.29, 1.82) is 5.26 Å². The van der Waals surface area contributed by atoms with E-state index >= 15 is 0 Å². The first kappa shape index (κ1) is 14.7. The van der Waals surface area contributed by atoms with Gasteiger partial charge in [-0.15, -0.1) is 11.3 Å². The molecule has 0 bridgehead atoms. The van der Waals surface area contributed by atoms with Crippen molar-refractivity contribution in [2.75, 3.05) is 19.6 Å². The van der Waals surface area contributed by atoms with Crippen LogP contribution < -0.4 is 10.6 Å². The molecule has 0 aromatic carbocycles. The zero-order valence-corrected chi connectivity index (χ0v) is 11.6. The maximum Gasteiger partial charge on any atom is 0.233 e. The molecule has 98 valence electrons. The third-order valence-electron chi connectivity index (χ3n) is 2.60. The minimum atomic E-state index is -0.0628. The van der Waals surface area contributed by atoms with E-state index in [1.807, 2.05) is 12.1 Å². The van der Waals surface area contributed by atoms with Crippen molar-refractivity contribution in [2.24, 2.45) is 0 Å². The standard InChI is InChI=1S/C13H19N3OS/c1-13(2,11-5-3-8-18-11)10-15-9-12(17)16-7-4-6-14/h3,5,8,15H,4,7,9-10H2,1-2H3,(H,16,17). The normalized spacial score (nSPS) is 10.9. The fourth-order valence-electron chi connectivity index (χ4n) is 1.56. The lowest BCUT2D eigenvalue weighted by Gasteiger charge is -2.23. The number of nitrogens with zero attached hydrogens (tertiary/aromatic N) is 1. The minimum Gasteiger partial charge on any atom is -0.354 e.